The van der Waals surface area contributed by atoms with Crippen LogP contribution in [0.5, 0.6) is 0 Å². The van der Waals surface area contributed by atoms with Gasteiger partial charge in [0.1, 0.15) is 0 Å². The van der Waals surface area contributed by atoms with Gasteiger partial charge in [0.2, 0.25) is 0 Å². The van der Waals surface area contributed by atoms with Crippen LogP contribution in [0.2, 0.25) is 0 Å². The van der Waals surface area contributed by atoms with Crippen molar-refractivity contribution in [3.63, 3.8) is 0 Å². The van der Waals surface area contributed by atoms with Crippen LogP contribution in [0, 0.1) is 11.3 Å². The number of benzene rings is 2. The summed E-state index contributed by atoms with van der Waals surface area (Å²) in [6, 6.07) is 13.4. The Balaban J connectivity index is 1.93. The molecule has 5 nitrogen and oxygen atoms in total. The Kier molecular flexibility index (Phi) is 2.42. The Bertz CT molecular complexity index is 1010. The zero-order valence-electron chi connectivity index (χ0n) is 10.9. The molecule has 0 unspecified atom stereocenters. The lowest BCUT2D eigenvalue weighted by molar-refractivity contribution is 1.12. The molecule has 0 saturated heterocycles. The van der Waals surface area contributed by atoms with Crippen LogP contribution in [0.15, 0.2) is 48.8 Å². The van der Waals surface area contributed by atoms with Crippen LogP contribution in [0.1, 0.15) is 5.56 Å². The van der Waals surface area contributed by atoms with Crippen LogP contribution in [-0.4, -0.2) is 20.2 Å². The molecule has 0 amide bonds. The first-order valence-electron chi connectivity index (χ1n) is 6.44. The van der Waals surface area contributed by atoms with E-state index < -0.39 is 0 Å². The van der Waals surface area contributed by atoms with Gasteiger partial charge < -0.3 is 0 Å². The molecule has 5 heteroatoms. The van der Waals surface area contributed by atoms with Crippen molar-refractivity contribution < 1.29 is 0 Å². The van der Waals surface area contributed by atoms with Gasteiger partial charge in [-0.05, 0) is 24.3 Å². The summed E-state index contributed by atoms with van der Waals surface area (Å²) in [5.74, 6) is 0. The smallest absolute Gasteiger partial charge is 0.0991 e. The first-order valence-corrected chi connectivity index (χ1v) is 6.44. The van der Waals surface area contributed by atoms with Gasteiger partial charge in [0.15, 0.2) is 0 Å². The molecule has 0 aliphatic heterocycles. The van der Waals surface area contributed by atoms with Gasteiger partial charge in [-0.2, -0.15) is 10.4 Å². The number of nitrogens with zero attached hydrogens (tertiary/aromatic N) is 4. The molecule has 1 N–H and O–H groups in total. The minimum atomic E-state index is 0.611. The van der Waals surface area contributed by atoms with E-state index in [9.17, 15) is 0 Å². The predicted octanol–water partition coefficient (Wildman–Crippen LogP) is 3.04. The van der Waals surface area contributed by atoms with Crippen LogP contribution < -0.4 is 0 Å². The highest BCUT2D eigenvalue weighted by Gasteiger charge is 2.06. The van der Waals surface area contributed by atoms with E-state index in [1.165, 1.54) is 0 Å². The average molecular weight is 271 g/mol. The number of H-pyrrole nitrogens is 1. The number of hydrogen-bond acceptors (Lipinski definition) is 4. The lowest BCUT2D eigenvalue weighted by Gasteiger charge is -2.03. The molecule has 0 saturated carbocycles. The second kappa shape index (κ2) is 4.39. The van der Waals surface area contributed by atoms with Gasteiger partial charge in [0, 0.05) is 10.9 Å². The molecule has 21 heavy (non-hydrogen) atoms. The molecule has 2 heterocycles. The highest BCUT2D eigenvalue weighted by atomic mass is 15.1. The lowest BCUT2D eigenvalue weighted by atomic mass is 10.1. The zero-order chi connectivity index (χ0) is 14.2. The van der Waals surface area contributed by atoms with E-state index >= 15 is 0 Å². The summed E-state index contributed by atoms with van der Waals surface area (Å²) < 4.78 is 0. The highest BCUT2D eigenvalue weighted by molar-refractivity contribution is 5.93. The van der Waals surface area contributed by atoms with Crippen molar-refractivity contribution in [1.82, 2.24) is 20.2 Å². The SMILES string of the molecule is N#Cc1cccc(-c2cnc3cc4[nH]ncc4cc3n2)c1. The molecule has 2 aromatic heterocycles. The number of hydrogen-bond donors (Lipinski definition) is 1. The fourth-order valence-corrected chi connectivity index (χ4v) is 2.34. The Morgan fingerprint density at radius 2 is 2.00 bits per heavy atom. The van der Waals surface area contributed by atoms with Crippen molar-refractivity contribution in [2.24, 2.45) is 0 Å². The number of rotatable bonds is 1. The first-order chi connectivity index (χ1) is 10.3. The van der Waals surface area contributed by atoms with Crippen molar-refractivity contribution in [3.05, 3.63) is 54.4 Å². The summed E-state index contributed by atoms with van der Waals surface area (Å²) in [5.41, 5.74) is 4.81. The fourth-order valence-electron chi connectivity index (χ4n) is 2.34. The monoisotopic (exact) mass is 271 g/mol. The normalized spacial score (nSPS) is 10.8. The lowest BCUT2D eigenvalue weighted by Crippen LogP contribution is -1.89. The van der Waals surface area contributed by atoms with E-state index in [0.717, 1.165) is 33.2 Å². The molecular weight excluding hydrogens is 262 g/mol. The molecule has 0 aliphatic carbocycles. The Morgan fingerprint density at radius 3 is 2.90 bits per heavy atom. The maximum absolute atomic E-state index is 8.98. The molecule has 0 fully saturated rings. The maximum Gasteiger partial charge on any atom is 0.0991 e. The van der Waals surface area contributed by atoms with Crippen molar-refractivity contribution in [1.29, 1.82) is 5.26 Å². The van der Waals surface area contributed by atoms with E-state index in [4.69, 9.17) is 5.26 Å². The quantitative estimate of drug-likeness (QED) is 0.577. The van der Waals surface area contributed by atoms with Crippen LogP contribution in [0.3, 0.4) is 0 Å². The van der Waals surface area contributed by atoms with Crippen LogP contribution in [0.4, 0.5) is 0 Å². The van der Waals surface area contributed by atoms with Crippen LogP contribution >= 0.6 is 0 Å². The summed E-state index contributed by atoms with van der Waals surface area (Å²) in [5, 5.41) is 16.9. The van der Waals surface area contributed by atoms with E-state index in [-0.39, 0.29) is 0 Å². The van der Waals surface area contributed by atoms with Crippen molar-refractivity contribution in [3.8, 4) is 17.3 Å². The Hall–Kier alpha value is -3.26. The number of nitriles is 1. The number of fused-ring (bicyclic) bond motifs is 2. The van der Waals surface area contributed by atoms with Gasteiger partial charge in [0.25, 0.3) is 0 Å². The highest BCUT2D eigenvalue weighted by Crippen LogP contribution is 2.22. The summed E-state index contributed by atoms with van der Waals surface area (Å²) in [7, 11) is 0. The van der Waals surface area contributed by atoms with E-state index in [1.807, 2.05) is 30.3 Å². The molecule has 98 valence electrons. The fraction of sp³-hybridized carbons (Fsp3) is 0. The van der Waals surface area contributed by atoms with Gasteiger partial charge >= 0.3 is 0 Å². The molecule has 4 aromatic rings. The minimum Gasteiger partial charge on any atom is -0.278 e. The zero-order valence-corrected chi connectivity index (χ0v) is 10.9. The van der Waals surface area contributed by atoms with Gasteiger partial charge in [-0.15, -0.1) is 0 Å². The minimum absolute atomic E-state index is 0.611. The van der Waals surface area contributed by atoms with Crippen molar-refractivity contribution in [2.45, 2.75) is 0 Å². The molecule has 0 spiro atoms. The third-order valence-corrected chi connectivity index (χ3v) is 3.39. The maximum atomic E-state index is 8.98. The molecule has 0 aliphatic rings. The van der Waals surface area contributed by atoms with Crippen LogP contribution in [0.25, 0.3) is 33.2 Å². The van der Waals surface area contributed by atoms with E-state index in [0.29, 0.717) is 5.56 Å². The summed E-state index contributed by atoms with van der Waals surface area (Å²) >= 11 is 0. The molecule has 0 bridgehead atoms. The summed E-state index contributed by atoms with van der Waals surface area (Å²) in [6.07, 6.45) is 3.49. The third kappa shape index (κ3) is 1.90. The molecule has 2 aromatic carbocycles. The van der Waals surface area contributed by atoms with Gasteiger partial charge in [-0.3, -0.25) is 10.1 Å². The largest absolute Gasteiger partial charge is 0.278 e. The van der Waals surface area contributed by atoms with Crippen molar-refractivity contribution >= 4 is 21.9 Å². The second-order valence-corrected chi connectivity index (χ2v) is 4.75. The first kappa shape index (κ1) is 11.6. The summed E-state index contributed by atoms with van der Waals surface area (Å²) in [6.45, 7) is 0. The summed E-state index contributed by atoms with van der Waals surface area (Å²) in [4.78, 5) is 9.09. The molecule has 0 atom stereocenters. The van der Waals surface area contributed by atoms with Crippen molar-refractivity contribution in [2.75, 3.05) is 0 Å². The Morgan fingerprint density at radius 1 is 1.05 bits per heavy atom. The second-order valence-electron chi connectivity index (χ2n) is 4.75. The van der Waals surface area contributed by atoms with Gasteiger partial charge in [0.05, 0.1) is 46.3 Å². The van der Waals surface area contributed by atoms with Gasteiger partial charge in [-0.25, -0.2) is 4.98 Å². The topological polar surface area (TPSA) is 78.2 Å². The molecular formula is C16H9N5. The van der Waals surface area contributed by atoms with E-state index in [2.05, 4.69) is 26.2 Å². The Labute approximate surface area is 119 Å². The molecule has 0 radical (unpaired) electrons. The standard InChI is InChI=1S/C16H9N5/c17-7-10-2-1-3-11(4-10)16-9-18-14-6-13-12(8-19-21-13)5-15(14)20-16/h1-6,8-9H,(H,19,21). The third-order valence-electron chi connectivity index (χ3n) is 3.39. The molecule has 4 rings (SSSR count). The number of aromatic nitrogens is 4. The van der Waals surface area contributed by atoms with Crippen LogP contribution in [-0.2, 0) is 0 Å². The average Bonchev–Trinajstić information content (AvgIpc) is 2.99. The number of aromatic amines is 1. The van der Waals surface area contributed by atoms with Gasteiger partial charge in [-0.1, -0.05) is 12.1 Å². The van der Waals surface area contributed by atoms with E-state index in [1.54, 1.807) is 18.5 Å². The predicted molar refractivity (Wildman–Crippen MR) is 79.3 cm³/mol. The number of nitrogens with one attached hydrogen (secondary N) is 1.